The summed E-state index contributed by atoms with van der Waals surface area (Å²) in [4.78, 5) is 7.18. The second kappa shape index (κ2) is 5.61. The van der Waals surface area contributed by atoms with E-state index in [0.29, 0.717) is 0 Å². The highest BCUT2D eigenvalue weighted by Crippen LogP contribution is 2.41. The first-order chi connectivity index (χ1) is 8.42. The predicted octanol–water partition coefficient (Wildman–Crippen LogP) is 1.94. The summed E-state index contributed by atoms with van der Waals surface area (Å²) in [6.07, 6.45) is 6.94. The van der Waals surface area contributed by atoms with Crippen LogP contribution < -0.4 is 5.32 Å². The van der Waals surface area contributed by atoms with Crippen LogP contribution in [0, 0.1) is 5.92 Å². The Balaban J connectivity index is 1.27. The lowest BCUT2D eigenvalue weighted by atomic mass is 10.3. The van der Waals surface area contributed by atoms with Crippen molar-refractivity contribution >= 4 is 16.9 Å². The number of rotatable bonds is 5. The molecule has 1 saturated heterocycles. The van der Waals surface area contributed by atoms with Crippen LogP contribution in [0.1, 0.15) is 32.1 Å². The van der Waals surface area contributed by atoms with Crippen molar-refractivity contribution in [3.63, 3.8) is 0 Å². The van der Waals surface area contributed by atoms with E-state index in [4.69, 9.17) is 0 Å². The van der Waals surface area contributed by atoms with Gasteiger partial charge in [-0.15, -0.1) is 0 Å². The zero-order chi connectivity index (χ0) is 11.5. The monoisotopic (exact) mass is 253 g/mol. The second-order valence-electron chi connectivity index (χ2n) is 5.47. The van der Waals surface area contributed by atoms with E-state index in [9.17, 15) is 0 Å². The fraction of sp³-hybridized carbons (Fsp3) is 0.923. The highest BCUT2D eigenvalue weighted by atomic mass is 32.2. The van der Waals surface area contributed by atoms with Gasteiger partial charge in [-0.1, -0.05) is 11.8 Å². The van der Waals surface area contributed by atoms with Crippen LogP contribution in [0.25, 0.3) is 0 Å². The minimum absolute atomic E-state index is 0.802. The lowest BCUT2D eigenvalue weighted by Gasteiger charge is -2.14. The average Bonchev–Trinajstić information content (AvgIpc) is 2.89. The summed E-state index contributed by atoms with van der Waals surface area (Å²) in [5.74, 6) is 0.979. The number of aliphatic imine (C=N–C) groups is 1. The van der Waals surface area contributed by atoms with Crippen LogP contribution in [0.4, 0.5) is 0 Å². The molecule has 0 aromatic rings. The Morgan fingerprint density at radius 2 is 2.12 bits per heavy atom. The molecule has 2 fully saturated rings. The van der Waals surface area contributed by atoms with Gasteiger partial charge in [0.2, 0.25) is 0 Å². The van der Waals surface area contributed by atoms with Crippen LogP contribution in [0.2, 0.25) is 0 Å². The van der Waals surface area contributed by atoms with Crippen LogP contribution in [-0.2, 0) is 0 Å². The Labute approximate surface area is 108 Å². The Morgan fingerprint density at radius 1 is 1.29 bits per heavy atom. The number of amidine groups is 1. The van der Waals surface area contributed by atoms with E-state index in [0.717, 1.165) is 24.3 Å². The van der Waals surface area contributed by atoms with Crippen LogP contribution in [-0.4, -0.2) is 48.0 Å². The minimum atomic E-state index is 0.802. The Kier molecular flexibility index (Phi) is 3.91. The summed E-state index contributed by atoms with van der Waals surface area (Å²) in [6, 6.07) is 0. The molecular weight excluding hydrogens is 230 g/mol. The number of thioether (sulfide) groups is 1. The molecule has 1 unspecified atom stereocenters. The van der Waals surface area contributed by atoms with E-state index in [1.165, 1.54) is 56.9 Å². The van der Waals surface area contributed by atoms with Crippen LogP contribution in [0.15, 0.2) is 4.99 Å². The first-order valence-electron chi connectivity index (χ1n) is 7.09. The molecule has 1 aliphatic carbocycles. The Hall–Kier alpha value is -0.220. The molecule has 2 heterocycles. The molecule has 2 aliphatic heterocycles. The molecule has 17 heavy (non-hydrogen) atoms. The predicted molar refractivity (Wildman–Crippen MR) is 74.7 cm³/mol. The largest absolute Gasteiger partial charge is 0.365 e. The third kappa shape index (κ3) is 3.38. The van der Waals surface area contributed by atoms with Gasteiger partial charge in [0.15, 0.2) is 5.17 Å². The van der Waals surface area contributed by atoms with Gasteiger partial charge in [-0.3, -0.25) is 4.99 Å². The van der Waals surface area contributed by atoms with E-state index in [2.05, 4.69) is 15.2 Å². The standard InChI is InChI=1S/C13H23N3S/c1-2-8-16(7-1)9-3-6-14-13-15-10-12(17-13)11-4-5-11/h11-12H,1-10H2,(H,14,15). The first kappa shape index (κ1) is 11.8. The van der Waals surface area contributed by atoms with Gasteiger partial charge < -0.3 is 10.2 Å². The van der Waals surface area contributed by atoms with E-state index >= 15 is 0 Å². The number of hydrogen-bond acceptors (Lipinski definition) is 4. The molecule has 3 aliphatic rings. The van der Waals surface area contributed by atoms with E-state index in [1.807, 2.05) is 11.8 Å². The van der Waals surface area contributed by atoms with Gasteiger partial charge in [0, 0.05) is 11.8 Å². The van der Waals surface area contributed by atoms with Crippen LogP contribution >= 0.6 is 11.8 Å². The molecule has 3 rings (SSSR count). The van der Waals surface area contributed by atoms with Gasteiger partial charge in [-0.25, -0.2) is 0 Å². The average molecular weight is 253 g/mol. The molecular formula is C13H23N3S. The molecule has 0 radical (unpaired) electrons. The summed E-state index contributed by atoms with van der Waals surface area (Å²) >= 11 is 1.99. The molecule has 1 atom stereocenters. The molecule has 0 bridgehead atoms. The number of likely N-dealkylation sites (tertiary alicyclic amines) is 1. The van der Waals surface area contributed by atoms with Gasteiger partial charge in [0.1, 0.15) is 0 Å². The summed E-state index contributed by atoms with van der Waals surface area (Å²) in [5.41, 5.74) is 0. The Bertz CT molecular complexity index is 282. The molecule has 1 saturated carbocycles. The van der Waals surface area contributed by atoms with Crippen molar-refractivity contribution in [3.05, 3.63) is 0 Å². The lowest BCUT2D eigenvalue weighted by molar-refractivity contribution is 0.334. The molecule has 0 spiro atoms. The van der Waals surface area contributed by atoms with E-state index in [-0.39, 0.29) is 0 Å². The fourth-order valence-corrected chi connectivity index (χ4v) is 3.94. The molecule has 96 valence electrons. The van der Waals surface area contributed by atoms with Crippen molar-refractivity contribution in [2.45, 2.75) is 37.4 Å². The topological polar surface area (TPSA) is 27.6 Å². The Morgan fingerprint density at radius 3 is 2.88 bits per heavy atom. The first-order valence-corrected chi connectivity index (χ1v) is 7.97. The number of hydrogen-bond donors (Lipinski definition) is 1. The highest BCUT2D eigenvalue weighted by molar-refractivity contribution is 8.14. The molecule has 4 heteroatoms. The normalized spacial score (nSPS) is 29.6. The van der Waals surface area contributed by atoms with Crippen molar-refractivity contribution in [1.29, 1.82) is 0 Å². The van der Waals surface area contributed by atoms with Crippen molar-refractivity contribution < 1.29 is 0 Å². The van der Waals surface area contributed by atoms with Crippen molar-refractivity contribution in [2.75, 3.05) is 32.7 Å². The third-order valence-electron chi connectivity index (χ3n) is 3.95. The van der Waals surface area contributed by atoms with Gasteiger partial charge in [0.05, 0.1) is 6.54 Å². The highest BCUT2D eigenvalue weighted by Gasteiger charge is 2.35. The second-order valence-corrected chi connectivity index (χ2v) is 6.70. The maximum atomic E-state index is 4.60. The molecule has 0 aromatic heterocycles. The third-order valence-corrected chi connectivity index (χ3v) is 5.29. The van der Waals surface area contributed by atoms with Crippen molar-refractivity contribution in [1.82, 2.24) is 10.2 Å². The zero-order valence-corrected chi connectivity index (χ0v) is 11.3. The van der Waals surface area contributed by atoms with Crippen molar-refractivity contribution in [3.8, 4) is 0 Å². The summed E-state index contributed by atoms with van der Waals surface area (Å²) < 4.78 is 0. The summed E-state index contributed by atoms with van der Waals surface area (Å²) in [7, 11) is 0. The number of nitrogens with one attached hydrogen (secondary N) is 1. The van der Waals surface area contributed by atoms with Gasteiger partial charge >= 0.3 is 0 Å². The fourth-order valence-electron chi connectivity index (χ4n) is 2.71. The van der Waals surface area contributed by atoms with E-state index < -0.39 is 0 Å². The van der Waals surface area contributed by atoms with Gasteiger partial charge in [-0.05, 0) is 57.7 Å². The van der Waals surface area contributed by atoms with Gasteiger partial charge in [-0.2, -0.15) is 0 Å². The quantitative estimate of drug-likeness (QED) is 0.759. The van der Waals surface area contributed by atoms with Crippen molar-refractivity contribution in [2.24, 2.45) is 10.9 Å². The maximum absolute atomic E-state index is 4.60. The smallest absolute Gasteiger partial charge is 0.156 e. The lowest BCUT2D eigenvalue weighted by Crippen LogP contribution is -2.26. The SMILES string of the molecule is C1CCN(CCCNC2=NCC(C3CC3)S2)C1. The molecule has 1 N–H and O–H groups in total. The van der Waals surface area contributed by atoms with Crippen LogP contribution in [0.5, 0.6) is 0 Å². The van der Waals surface area contributed by atoms with Gasteiger partial charge in [0.25, 0.3) is 0 Å². The molecule has 3 nitrogen and oxygen atoms in total. The van der Waals surface area contributed by atoms with Crippen LogP contribution in [0.3, 0.4) is 0 Å². The maximum Gasteiger partial charge on any atom is 0.156 e. The van der Waals surface area contributed by atoms with E-state index in [1.54, 1.807) is 0 Å². The summed E-state index contributed by atoms with van der Waals surface area (Å²) in [6.45, 7) is 6.05. The zero-order valence-electron chi connectivity index (χ0n) is 10.5. The molecule has 0 aromatic carbocycles. The number of nitrogens with zero attached hydrogens (tertiary/aromatic N) is 2. The minimum Gasteiger partial charge on any atom is -0.365 e. The summed E-state index contributed by atoms with van der Waals surface area (Å²) in [5, 5.41) is 5.52. The molecule has 0 amide bonds.